The van der Waals surface area contributed by atoms with Crippen molar-refractivity contribution in [3.8, 4) is 0 Å². The van der Waals surface area contributed by atoms with Crippen LogP contribution in [0.3, 0.4) is 0 Å². The van der Waals surface area contributed by atoms with Crippen LogP contribution in [0.2, 0.25) is 0 Å². The molecule has 17 heavy (non-hydrogen) atoms. The first-order chi connectivity index (χ1) is 8.22. The quantitative estimate of drug-likeness (QED) is 0.604. The SMILES string of the molecule is NCC(=O)OCC(=O)c1c[nH]c2ccccc12. The molecule has 2 rings (SSSR count). The highest BCUT2D eigenvalue weighted by atomic mass is 16.5. The Bertz CT molecular complexity index is 560. The van der Waals surface area contributed by atoms with E-state index in [-0.39, 0.29) is 18.9 Å². The molecule has 1 heterocycles. The van der Waals surface area contributed by atoms with Crippen molar-refractivity contribution in [2.75, 3.05) is 13.2 Å². The molecule has 3 N–H and O–H groups in total. The smallest absolute Gasteiger partial charge is 0.320 e. The first-order valence-electron chi connectivity index (χ1n) is 5.17. The van der Waals surface area contributed by atoms with Gasteiger partial charge in [-0.25, -0.2) is 0 Å². The number of rotatable bonds is 4. The van der Waals surface area contributed by atoms with Gasteiger partial charge in [-0.1, -0.05) is 18.2 Å². The highest BCUT2D eigenvalue weighted by Gasteiger charge is 2.13. The standard InChI is InChI=1S/C12H12N2O3/c13-5-12(16)17-7-11(15)9-6-14-10-4-2-1-3-8(9)10/h1-4,6,14H,5,7,13H2. The van der Waals surface area contributed by atoms with Gasteiger partial charge in [-0.2, -0.15) is 0 Å². The van der Waals surface area contributed by atoms with E-state index in [4.69, 9.17) is 10.5 Å². The summed E-state index contributed by atoms with van der Waals surface area (Å²) in [6, 6.07) is 7.43. The summed E-state index contributed by atoms with van der Waals surface area (Å²) in [4.78, 5) is 25.6. The number of para-hydroxylation sites is 1. The van der Waals surface area contributed by atoms with Gasteiger partial charge in [0.2, 0.25) is 5.78 Å². The highest BCUT2D eigenvalue weighted by molar-refractivity contribution is 6.08. The van der Waals surface area contributed by atoms with E-state index in [1.807, 2.05) is 24.3 Å². The van der Waals surface area contributed by atoms with Crippen LogP contribution in [0.4, 0.5) is 0 Å². The van der Waals surface area contributed by atoms with Gasteiger partial charge in [0.15, 0.2) is 6.61 Å². The topological polar surface area (TPSA) is 85.2 Å². The van der Waals surface area contributed by atoms with Gasteiger partial charge in [-0.05, 0) is 6.07 Å². The average molecular weight is 232 g/mol. The second-order valence-electron chi connectivity index (χ2n) is 3.54. The lowest BCUT2D eigenvalue weighted by atomic mass is 10.1. The molecular weight excluding hydrogens is 220 g/mol. The molecule has 0 aliphatic carbocycles. The number of H-pyrrole nitrogens is 1. The number of benzene rings is 1. The third-order valence-electron chi connectivity index (χ3n) is 2.42. The number of hydrogen-bond acceptors (Lipinski definition) is 4. The van der Waals surface area contributed by atoms with Crippen LogP contribution in [0.15, 0.2) is 30.5 Å². The van der Waals surface area contributed by atoms with Gasteiger partial charge in [0.1, 0.15) is 0 Å². The Morgan fingerprint density at radius 2 is 2.06 bits per heavy atom. The fourth-order valence-electron chi connectivity index (χ4n) is 1.58. The van der Waals surface area contributed by atoms with Crippen LogP contribution in [0.5, 0.6) is 0 Å². The average Bonchev–Trinajstić information content (AvgIpc) is 2.79. The molecule has 0 unspecified atom stereocenters. The van der Waals surface area contributed by atoms with E-state index in [0.717, 1.165) is 10.9 Å². The van der Waals surface area contributed by atoms with Crippen LogP contribution in [0, 0.1) is 0 Å². The summed E-state index contributed by atoms with van der Waals surface area (Å²) in [5, 5.41) is 0.821. The number of aromatic nitrogens is 1. The zero-order chi connectivity index (χ0) is 12.3. The molecule has 0 atom stereocenters. The minimum atomic E-state index is -0.585. The number of ether oxygens (including phenoxy) is 1. The molecule has 0 radical (unpaired) electrons. The van der Waals surface area contributed by atoms with E-state index in [0.29, 0.717) is 5.56 Å². The zero-order valence-corrected chi connectivity index (χ0v) is 9.10. The van der Waals surface area contributed by atoms with Crippen LogP contribution in [-0.4, -0.2) is 29.9 Å². The summed E-state index contributed by atoms with van der Waals surface area (Å²) in [5.41, 5.74) is 6.47. The van der Waals surface area contributed by atoms with Crippen molar-refractivity contribution >= 4 is 22.7 Å². The van der Waals surface area contributed by atoms with E-state index < -0.39 is 5.97 Å². The fraction of sp³-hybridized carbons (Fsp3) is 0.167. The Kier molecular flexibility index (Phi) is 3.20. The fourth-order valence-corrected chi connectivity index (χ4v) is 1.58. The number of fused-ring (bicyclic) bond motifs is 1. The monoisotopic (exact) mass is 232 g/mol. The Balaban J connectivity index is 2.17. The number of Topliss-reactive ketones (excluding diaryl/α,β-unsaturated/α-hetero) is 1. The zero-order valence-electron chi connectivity index (χ0n) is 9.10. The molecule has 88 valence electrons. The molecule has 0 aliphatic heterocycles. The molecular formula is C12H12N2O3. The molecule has 5 heteroatoms. The lowest BCUT2D eigenvalue weighted by Gasteiger charge is -2.01. The van der Waals surface area contributed by atoms with E-state index in [1.54, 1.807) is 6.20 Å². The number of carbonyl (C=O) groups is 2. The lowest BCUT2D eigenvalue weighted by Crippen LogP contribution is -2.20. The Labute approximate surface area is 97.6 Å². The summed E-state index contributed by atoms with van der Waals surface area (Å²) in [7, 11) is 0. The maximum atomic E-state index is 11.8. The number of nitrogens with one attached hydrogen (secondary N) is 1. The normalized spacial score (nSPS) is 10.4. The van der Waals surface area contributed by atoms with E-state index in [9.17, 15) is 9.59 Å². The van der Waals surface area contributed by atoms with Gasteiger partial charge in [0.25, 0.3) is 0 Å². The van der Waals surface area contributed by atoms with Gasteiger partial charge in [0.05, 0.1) is 6.54 Å². The largest absolute Gasteiger partial charge is 0.456 e. The number of hydrogen-bond donors (Lipinski definition) is 2. The molecule has 0 saturated carbocycles. The van der Waals surface area contributed by atoms with E-state index in [1.165, 1.54) is 0 Å². The van der Waals surface area contributed by atoms with Gasteiger partial charge in [0, 0.05) is 22.7 Å². The van der Waals surface area contributed by atoms with Crippen LogP contribution in [-0.2, 0) is 9.53 Å². The summed E-state index contributed by atoms with van der Waals surface area (Å²) in [5.74, 6) is -0.831. The number of ketones is 1. The number of nitrogens with two attached hydrogens (primary N) is 1. The summed E-state index contributed by atoms with van der Waals surface area (Å²) < 4.78 is 4.70. The summed E-state index contributed by atoms with van der Waals surface area (Å²) in [6.45, 7) is -0.501. The Morgan fingerprint density at radius 3 is 2.82 bits per heavy atom. The minimum absolute atomic E-state index is 0.221. The third-order valence-corrected chi connectivity index (χ3v) is 2.42. The van der Waals surface area contributed by atoms with Gasteiger partial charge >= 0.3 is 5.97 Å². The first-order valence-corrected chi connectivity index (χ1v) is 5.17. The lowest BCUT2D eigenvalue weighted by molar-refractivity contribution is -0.140. The molecule has 0 saturated heterocycles. The second kappa shape index (κ2) is 4.80. The van der Waals surface area contributed by atoms with E-state index >= 15 is 0 Å². The third kappa shape index (κ3) is 2.34. The first kappa shape index (κ1) is 11.3. The van der Waals surface area contributed by atoms with E-state index in [2.05, 4.69) is 4.98 Å². The summed E-state index contributed by atoms with van der Waals surface area (Å²) >= 11 is 0. The molecule has 1 aromatic carbocycles. The maximum Gasteiger partial charge on any atom is 0.320 e. The van der Waals surface area contributed by atoms with Crippen LogP contribution in [0.1, 0.15) is 10.4 Å². The van der Waals surface area contributed by atoms with Crippen LogP contribution in [0.25, 0.3) is 10.9 Å². The van der Waals surface area contributed by atoms with Crippen molar-refractivity contribution in [2.24, 2.45) is 5.73 Å². The van der Waals surface area contributed by atoms with Crippen molar-refractivity contribution < 1.29 is 14.3 Å². The van der Waals surface area contributed by atoms with Gasteiger partial charge in [-0.3, -0.25) is 9.59 Å². The van der Waals surface area contributed by atoms with Crippen LogP contribution >= 0.6 is 0 Å². The number of aromatic amines is 1. The molecule has 0 fully saturated rings. The predicted molar refractivity (Wildman–Crippen MR) is 62.6 cm³/mol. The molecule has 5 nitrogen and oxygen atoms in total. The van der Waals surface area contributed by atoms with Gasteiger partial charge in [-0.15, -0.1) is 0 Å². The molecule has 0 bridgehead atoms. The van der Waals surface area contributed by atoms with Crippen molar-refractivity contribution in [3.05, 3.63) is 36.0 Å². The highest BCUT2D eigenvalue weighted by Crippen LogP contribution is 2.17. The Hall–Kier alpha value is -2.14. The predicted octanol–water partition coefficient (Wildman–Crippen LogP) is 0.852. The van der Waals surface area contributed by atoms with Gasteiger partial charge < -0.3 is 15.5 Å². The van der Waals surface area contributed by atoms with Crippen molar-refractivity contribution in [1.82, 2.24) is 4.98 Å². The van der Waals surface area contributed by atoms with Crippen molar-refractivity contribution in [2.45, 2.75) is 0 Å². The summed E-state index contributed by atoms with van der Waals surface area (Å²) in [6.07, 6.45) is 1.61. The molecule has 0 amide bonds. The van der Waals surface area contributed by atoms with Crippen molar-refractivity contribution in [1.29, 1.82) is 0 Å². The molecule has 1 aromatic heterocycles. The minimum Gasteiger partial charge on any atom is -0.456 e. The number of esters is 1. The maximum absolute atomic E-state index is 11.8. The second-order valence-corrected chi connectivity index (χ2v) is 3.54. The van der Waals surface area contributed by atoms with Crippen LogP contribution < -0.4 is 5.73 Å². The molecule has 0 spiro atoms. The molecule has 2 aromatic rings. The van der Waals surface area contributed by atoms with Crippen molar-refractivity contribution in [3.63, 3.8) is 0 Å². The number of carbonyl (C=O) groups excluding carboxylic acids is 2. The Morgan fingerprint density at radius 1 is 1.29 bits per heavy atom. The molecule has 0 aliphatic rings.